The molecule has 0 amide bonds. The highest BCUT2D eigenvalue weighted by molar-refractivity contribution is 7.89. The molecule has 1 aliphatic rings. The van der Waals surface area contributed by atoms with Crippen molar-refractivity contribution in [3.8, 4) is 6.07 Å². The molecule has 0 spiro atoms. The Morgan fingerprint density at radius 1 is 1.29 bits per heavy atom. The van der Waals surface area contributed by atoms with Gasteiger partial charge in [-0.15, -0.1) is 0 Å². The SMILES string of the molecule is CC(C)S(=O)(=O)N(C)C1CCC(CC#N)CC1. The molecule has 98 valence electrons. The minimum absolute atomic E-state index is 0.123. The van der Waals surface area contributed by atoms with Crippen LogP contribution in [-0.2, 0) is 10.0 Å². The molecule has 0 aliphatic heterocycles. The van der Waals surface area contributed by atoms with Crippen LogP contribution in [0.4, 0.5) is 0 Å². The van der Waals surface area contributed by atoms with E-state index in [9.17, 15) is 8.42 Å². The predicted octanol–water partition coefficient (Wildman–Crippen LogP) is 2.13. The van der Waals surface area contributed by atoms with Gasteiger partial charge in [0.25, 0.3) is 0 Å². The lowest BCUT2D eigenvalue weighted by atomic mass is 9.84. The number of hydrogen-bond acceptors (Lipinski definition) is 3. The first kappa shape index (κ1) is 14.5. The Balaban J connectivity index is 2.58. The van der Waals surface area contributed by atoms with Crippen LogP contribution in [0, 0.1) is 17.2 Å². The molecular weight excluding hydrogens is 236 g/mol. The summed E-state index contributed by atoms with van der Waals surface area (Å²) in [7, 11) is -1.45. The lowest BCUT2D eigenvalue weighted by molar-refractivity contribution is 0.237. The third-order valence-electron chi connectivity index (χ3n) is 3.71. The van der Waals surface area contributed by atoms with E-state index < -0.39 is 10.0 Å². The molecule has 5 heteroatoms. The highest BCUT2D eigenvalue weighted by Crippen LogP contribution is 2.30. The molecule has 0 heterocycles. The zero-order valence-corrected chi connectivity index (χ0v) is 11.7. The second-order valence-corrected chi connectivity index (χ2v) is 7.70. The Kier molecular flexibility index (Phi) is 4.96. The topological polar surface area (TPSA) is 61.2 Å². The molecule has 0 N–H and O–H groups in total. The van der Waals surface area contributed by atoms with Crippen LogP contribution < -0.4 is 0 Å². The highest BCUT2D eigenvalue weighted by Gasteiger charge is 2.31. The van der Waals surface area contributed by atoms with E-state index in [1.54, 1.807) is 25.2 Å². The molecular formula is C12H22N2O2S. The van der Waals surface area contributed by atoms with Crippen LogP contribution in [-0.4, -0.2) is 31.1 Å². The largest absolute Gasteiger partial charge is 0.216 e. The van der Waals surface area contributed by atoms with Gasteiger partial charge in [-0.05, 0) is 45.4 Å². The molecule has 0 aromatic heterocycles. The summed E-state index contributed by atoms with van der Waals surface area (Å²) in [5, 5.41) is 8.28. The van der Waals surface area contributed by atoms with Crippen LogP contribution in [0.25, 0.3) is 0 Å². The lowest BCUT2D eigenvalue weighted by Gasteiger charge is -2.34. The number of rotatable bonds is 4. The van der Waals surface area contributed by atoms with E-state index in [1.807, 2.05) is 0 Å². The summed E-state index contributed by atoms with van der Waals surface area (Å²) >= 11 is 0. The predicted molar refractivity (Wildman–Crippen MR) is 67.8 cm³/mol. The fourth-order valence-electron chi connectivity index (χ4n) is 2.38. The highest BCUT2D eigenvalue weighted by atomic mass is 32.2. The van der Waals surface area contributed by atoms with Crippen molar-refractivity contribution in [3.63, 3.8) is 0 Å². The van der Waals surface area contributed by atoms with E-state index in [2.05, 4.69) is 6.07 Å². The summed E-state index contributed by atoms with van der Waals surface area (Å²) in [6.07, 6.45) is 4.31. The van der Waals surface area contributed by atoms with Crippen molar-refractivity contribution in [2.45, 2.75) is 57.2 Å². The van der Waals surface area contributed by atoms with Crippen LogP contribution in [0.2, 0.25) is 0 Å². The molecule has 0 bridgehead atoms. The number of hydrogen-bond donors (Lipinski definition) is 0. The van der Waals surface area contributed by atoms with E-state index in [4.69, 9.17) is 5.26 Å². The first-order chi connectivity index (χ1) is 7.89. The number of sulfonamides is 1. The van der Waals surface area contributed by atoms with Gasteiger partial charge in [0, 0.05) is 19.5 Å². The van der Waals surface area contributed by atoms with E-state index >= 15 is 0 Å². The van der Waals surface area contributed by atoms with Gasteiger partial charge in [-0.2, -0.15) is 5.26 Å². The van der Waals surface area contributed by atoms with Gasteiger partial charge in [-0.3, -0.25) is 0 Å². The van der Waals surface area contributed by atoms with Gasteiger partial charge in [0.15, 0.2) is 0 Å². The Labute approximate surface area is 105 Å². The molecule has 1 fully saturated rings. The van der Waals surface area contributed by atoms with Crippen molar-refractivity contribution in [1.29, 1.82) is 5.26 Å². The summed E-state index contributed by atoms with van der Waals surface area (Å²) in [6, 6.07) is 2.32. The third kappa shape index (κ3) is 3.43. The van der Waals surface area contributed by atoms with Crippen LogP contribution in [0.1, 0.15) is 46.0 Å². The summed E-state index contributed by atoms with van der Waals surface area (Å²) in [6.45, 7) is 3.43. The van der Waals surface area contributed by atoms with Crippen LogP contribution in [0.5, 0.6) is 0 Å². The molecule has 17 heavy (non-hydrogen) atoms. The maximum absolute atomic E-state index is 12.0. The second kappa shape index (κ2) is 5.83. The van der Waals surface area contributed by atoms with E-state index in [0.29, 0.717) is 12.3 Å². The minimum Gasteiger partial charge on any atom is -0.212 e. The van der Waals surface area contributed by atoms with Gasteiger partial charge in [0.1, 0.15) is 0 Å². The second-order valence-electron chi connectivity index (χ2n) is 5.15. The van der Waals surface area contributed by atoms with Crippen LogP contribution >= 0.6 is 0 Å². The fourth-order valence-corrected chi connectivity index (χ4v) is 3.67. The van der Waals surface area contributed by atoms with Crippen molar-refractivity contribution >= 4 is 10.0 Å². The summed E-state index contributed by atoms with van der Waals surface area (Å²) in [5.74, 6) is 0.464. The quantitative estimate of drug-likeness (QED) is 0.776. The molecule has 1 saturated carbocycles. The average Bonchev–Trinajstić information content (AvgIpc) is 2.29. The van der Waals surface area contributed by atoms with Crippen molar-refractivity contribution in [1.82, 2.24) is 4.31 Å². The summed E-state index contributed by atoms with van der Waals surface area (Å²) in [4.78, 5) is 0. The van der Waals surface area contributed by atoms with Gasteiger partial charge >= 0.3 is 0 Å². The molecule has 0 radical (unpaired) electrons. The number of nitrogens with zero attached hydrogens (tertiary/aromatic N) is 2. The molecule has 0 aromatic rings. The normalized spacial score (nSPS) is 26.1. The first-order valence-corrected chi connectivity index (χ1v) is 7.73. The first-order valence-electron chi connectivity index (χ1n) is 6.23. The molecule has 0 unspecified atom stereocenters. The zero-order valence-electron chi connectivity index (χ0n) is 10.9. The van der Waals surface area contributed by atoms with Gasteiger partial charge in [-0.1, -0.05) is 0 Å². The maximum Gasteiger partial charge on any atom is 0.216 e. The smallest absolute Gasteiger partial charge is 0.212 e. The van der Waals surface area contributed by atoms with E-state index in [1.165, 1.54) is 0 Å². The Hall–Kier alpha value is -0.600. The van der Waals surface area contributed by atoms with Gasteiger partial charge < -0.3 is 0 Å². The molecule has 0 aromatic carbocycles. The standard InChI is InChI=1S/C12H22N2O2S/c1-10(2)17(15,16)14(3)12-6-4-11(5-7-12)8-9-13/h10-12H,4-8H2,1-3H3. The van der Waals surface area contributed by atoms with Crippen molar-refractivity contribution < 1.29 is 8.42 Å². The van der Waals surface area contributed by atoms with Crippen molar-refractivity contribution in [3.05, 3.63) is 0 Å². The van der Waals surface area contributed by atoms with E-state index in [0.717, 1.165) is 25.7 Å². The molecule has 0 saturated heterocycles. The number of nitriles is 1. The fraction of sp³-hybridized carbons (Fsp3) is 0.917. The van der Waals surface area contributed by atoms with Crippen LogP contribution in [0.15, 0.2) is 0 Å². The van der Waals surface area contributed by atoms with E-state index in [-0.39, 0.29) is 11.3 Å². The maximum atomic E-state index is 12.0. The summed E-state index contributed by atoms with van der Waals surface area (Å²) in [5.41, 5.74) is 0. The van der Waals surface area contributed by atoms with Gasteiger partial charge in [-0.25, -0.2) is 12.7 Å². The monoisotopic (exact) mass is 258 g/mol. The summed E-state index contributed by atoms with van der Waals surface area (Å²) < 4.78 is 25.6. The van der Waals surface area contributed by atoms with Crippen LogP contribution in [0.3, 0.4) is 0 Å². The Bertz CT molecular complexity index is 376. The minimum atomic E-state index is -3.14. The Morgan fingerprint density at radius 3 is 2.24 bits per heavy atom. The third-order valence-corrected chi connectivity index (χ3v) is 6.00. The molecule has 1 aliphatic carbocycles. The molecule has 0 atom stereocenters. The lowest BCUT2D eigenvalue weighted by Crippen LogP contribution is -2.42. The van der Waals surface area contributed by atoms with Gasteiger partial charge in [0.05, 0.1) is 11.3 Å². The molecule has 1 rings (SSSR count). The van der Waals surface area contributed by atoms with Gasteiger partial charge in [0.2, 0.25) is 10.0 Å². The Morgan fingerprint density at radius 2 is 1.82 bits per heavy atom. The van der Waals surface area contributed by atoms with Crippen molar-refractivity contribution in [2.75, 3.05) is 7.05 Å². The zero-order chi connectivity index (χ0) is 13.1. The van der Waals surface area contributed by atoms with Crippen molar-refractivity contribution in [2.24, 2.45) is 5.92 Å². The average molecular weight is 258 g/mol. The molecule has 4 nitrogen and oxygen atoms in total.